The zero-order valence-electron chi connectivity index (χ0n) is 8.90. The lowest BCUT2D eigenvalue weighted by molar-refractivity contribution is -0.126. The molecule has 1 saturated heterocycles. The highest BCUT2D eigenvalue weighted by atomic mass is 32.1. The van der Waals surface area contributed by atoms with Gasteiger partial charge in [0.2, 0.25) is 5.91 Å². The monoisotopic (exact) mass is 221 g/mol. The normalized spacial score (nSPS) is 20.6. The summed E-state index contributed by atoms with van der Waals surface area (Å²) in [6, 6.07) is 4.54. The Bertz CT molecular complexity index is 383. The van der Waals surface area contributed by atoms with Crippen LogP contribution in [0.3, 0.4) is 0 Å². The van der Waals surface area contributed by atoms with Crippen molar-refractivity contribution >= 4 is 17.2 Å². The topological polar surface area (TPSA) is 20.3 Å². The van der Waals surface area contributed by atoms with Crippen molar-refractivity contribution in [2.45, 2.75) is 25.8 Å². The van der Waals surface area contributed by atoms with Gasteiger partial charge in [-0.25, -0.2) is 0 Å². The minimum atomic E-state index is 0.0588. The number of nitrogens with zero attached hydrogens (tertiary/aromatic N) is 1. The van der Waals surface area contributed by atoms with E-state index in [1.807, 2.05) is 4.90 Å². The van der Waals surface area contributed by atoms with Crippen molar-refractivity contribution in [3.05, 3.63) is 34.5 Å². The number of carbonyl (C=O) groups is 1. The maximum absolute atomic E-state index is 11.6. The van der Waals surface area contributed by atoms with E-state index in [4.69, 9.17) is 0 Å². The van der Waals surface area contributed by atoms with Crippen LogP contribution in [0.1, 0.15) is 28.6 Å². The summed E-state index contributed by atoms with van der Waals surface area (Å²) in [7, 11) is 0. The van der Waals surface area contributed by atoms with Crippen LogP contribution in [0, 0.1) is 6.92 Å². The van der Waals surface area contributed by atoms with Gasteiger partial charge >= 0.3 is 0 Å². The molecule has 80 valence electrons. The molecule has 1 unspecified atom stereocenters. The van der Waals surface area contributed by atoms with E-state index in [1.54, 1.807) is 11.3 Å². The van der Waals surface area contributed by atoms with E-state index in [2.05, 4.69) is 25.6 Å². The summed E-state index contributed by atoms with van der Waals surface area (Å²) >= 11 is 1.79. The lowest BCUT2D eigenvalue weighted by Gasteiger charge is -2.22. The van der Waals surface area contributed by atoms with Crippen LogP contribution in [0.4, 0.5) is 0 Å². The molecule has 0 radical (unpaired) electrons. The van der Waals surface area contributed by atoms with E-state index in [1.165, 1.54) is 15.8 Å². The molecule has 1 aromatic heterocycles. The van der Waals surface area contributed by atoms with E-state index in [-0.39, 0.29) is 11.9 Å². The van der Waals surface area contributed by atoms with Gasteiger partial charge in [-0.3, -0.25) is 4.79 Å². The first-order valence-corrected chi connectivity index (χ1v) is 6.03. The second kappa shape index (κ2) is 4.19. The van der Waals surface area contributed by atoms with Crippen LogP contribution in [0.5, 0.6) is 0 Å². The fourth-order valence-corrected chi connectivity index (χ4v) is 3.10. The summed E-state index contributed by atoms with van der Waals surface area (Å²) in [5.74, 6) is 0.0588. The fourth-order valence-electron chi connectivity index (χ4n) is 2.08. The highest BCUT2D eigenvalue weighted by Gasteiger charge is 2.29. The van der Waals surface area contributed by atoms with Crippen LogP contribution in [-0.2, 0) is 4.79 Å². The number of likely N-dealkylation sites (tertiary alicyclic amines) is 1. The zero-order chi connectivity index (χ0) is 10.8. The molecule has 0 bridgehead atoms. The number of hydrogen-bond acceptors (Lipinski definition) is 2. The summed E-state index contributed by atoms with van der Waals surface area (Å²) < 4.78 is 0. The minimum Gasteiger partial charge on any atom is -0.331 e. The molecule has 2 nitrogen and oxygen atoms in total. The lowest BCUT2D eigenvalue weighted by atomic mass is 10.2. The Morgan fingerprint density at radius 3 is 3.07 bits per heavy atom. The highest BCUT2D eigenvalue weighted by Crippen LogP contribution is 2.35. The molecule has 0 saturated carbocycles. The van der Waals surface area contributed by atoms with Gasteiger partial charge in [-0.1, -0.05) is 6.58 Å². The van der Waals surface area contributed by atoms with Crippen molar-refractivity contribution in [1.29, 1.82) is 0 Å². The summed E-state index contributed by atoms with van der Waals surface area (Å²) in [5.41, 5.74) is 0. The Morgan fingerprint density at radius 2 is 2.47 bits per heavy atom. The van der Waals surface area contributed by atoms with Gasteiger partial charge in [-0.05, 0) is 38.0 Å². The number of carbonyl (C=O) groups excluding carboxylic acids is 1. The van der Waals surface area contributed by atoms with Crippen LogP contribution >= 0.6 is 11.3 Å². The molecular weight excluding hydrogens is 206 g/mol. The van der Waals surface area contributed by atoms with Crippen molar-refractivity contribution in [3.63, 3.8) is 0 Å². The van der Waals surface area contributed by atoms with Crippen molar-refractivity contribution < 1.29 is 4.79 Å². The molecule has 1 atom stereocenters. The van der Waals surface area contributed by atoms with Crippen LogP contribution in [0.2, 0.25) is 0 Å². The molecular formula is C12H15NOS. The first-order chi connectivity index (χ1) is 7.22. The quantitative estimate of drug-likeness (QED) is 0.703. The standard InChI is InChI=1S/C12H15NOS/c1-3-12(14)13-8-4-5-10(13)11-7-6-9(2)15-11/h3,6-7,10H,1,4-5,8H2,2H3. The number of thiophene rings is 1. The minimum absolute atomic E-state index is 0.0588. The molecule has 2 heterocycles. The molecule has 1 aliphatic heterocycles. The van der Waals surface area contributed by atoms with Crippen molar-refractivity contribution in [1.82, 2.24) is 4.90 Å². The van der Waals surface area contributed by atoms with E-state index in [9.17, 15) is 4.79 Å². The van der Waals surface area contributed by atoms with Gasteiger partial charge < -0.3 is 4.90 Å². The molecule has 1 aromatic rings. The van der Waals surface area contributed by atoms with Crippen LogP contribution < -0.4 is 0 Å². The average Bonchev–Trinajstić information content (AvgIpc) is 2.84. The number of rotatable bonds is 2. The van der Waals surface area contributed by atoms with Gasteiger partial charge in [0, 0.05) is 16.3 Å². The maximum atomic E-state index is 11.6. The third-order valence-corrected chi connectivity index (χ3v) is 3.90. The molecule has 1 amide bonds. The van der Waals surface area contributed by atoms with E-state index in [0.717, 1.165) is 19.4 Å². The predicted octanol–water partition coefficient (Wildman–Crippen LogP) is 2.91. The highest BCUT2D eigenvalue weighted by molar-refractivity contribution is 7.12. The Morgan fingerprint density at radius 1 is 1.67 bits per heavy atom. The van der Waals surface area contributed by atoms with Crippen molar-refractivity contribution in [2.75, 3.05) is 6.54 Å². The second-order valence-corrected chi connectivity index (χ2v) is 5.16. The van der Waals surface area contributed by atoms with Gasteiger partial charge in [0.15, 0.2) is 0 Å². The Balaban J connectivity index is 2.21. The molecule has 1 fully saturated rings. The largest absolute Gasteiger partial charge is 0.331 e. The average molecular weight is 221 g/mol. The third-order valence-electron chi connectivity index (χ3n) is 2.80. The number of amides is 1. The molecule has 0 aliphatic carbocycles. The summed E-state index contributed by atoms with van der Waals surface area (Å²) in [4.78, 5) is 16.2. The molecule has 0 aromatic carbocycles. The number of hydrogen-bond donors (Lipinski definition) is 0. The Kier molecular flexibility index (Phi) is 2.91. The van der Waals surface area contributed by atoms with Crippen LogP contribution in [-0.4, -0.2) is 17.4 Å². The molecule has 0 spiro atoms. The SMILES string of the molecule is C=CC(=O)N1CCCC1c1ccc(C)s1. The first kappa shape index (κ1) is 10.4. The summed E-state index contributed by atoms with van der Waals surface area (Å²) in [5, 5.41) is 0. The van der Waals surface area contributed by atoms with Gasteiger partial charge in [0.1, 0.15) is 0 Å². The van der Waals surface area contributed by atoms with Gasteiger partial charge in [-0.15, -0.1) is 11.3 Å². The van der Waals surface area contributed by atoms with Gasteiger partial charge in [0.05, 0.1) is 6.04 Å². The zero-order valence-corrected chi connectivity index (χ0v) is 9.72. The molecule has 1 aliphatic rings. The maximum Gasteiger partial charge on any atom is 0.246 e. The molecule has 2 rings (SSSR count). The van der Waals surface area contributed by atoms with Gasteiger partial charge in [0.25, 0.3) is 0 Å². The van der Waals surface area contributed by atoms with E-state index in [0.29, 0.717) is 0 Å². The second-order valence-electron chi connectivity index (χ2n) is 3.84. The molecule has 15 heavy (non-hydrogen) atoms. The third kappa shape index (κ3) is 1.97. The summed E-state index contributed by atoms with van der Waals surface area (Å²) in [6.45, 7) is 6.52. The van der Waals surface area contributed by atoms with Crippen LogP contribution in [0.15, 0.2) is 24.8 Å². The molecule has 3 heteroatoms. The lowest BCUT2D eigenvalue weighted by Crippen LogP contribution is -2.28. The van der Waals surface area contributed by atoms with Gasteiger partial charge in [-0.2, -0.15) is 0 Å². The fraction of sp³-hybridized carbons (Fsp3) is 0.417. The number of aryl methyl sites for hydroxylation is 1. The van der Waals surface area contributed by atoms with E-state index < -0.39 is 0 Å². The predicted molar refractivity (Wildman–Crippen MR) is 62.9 cm³/mol. The van der Waals surface area contributed by atoms with E-state index >= 15 is 0 Å². The molecule has 0 N–H and O–H groups in total. The Hall–Kier alpha value is -1.09. The van der Waals surface area contributed by atoms with Crippen molar-refractivity contribution in [3.8, 4) is 0 Å². The van der Waals surface area contributed by atoms with Crippen molar-refractivity contribution in [2.24, 2.45) is 0 Å². The Labute approximate surface area is 94.2 Å². The first-order valence-electron chi connectivity index (χ1n) is 5.21. The summed E-state index contributed by atoms with van der Waals surface area (Å²) in [6.07, 6.45) is 3.60. The van der Waals surface area contributed by atoms with Crippen LogP contribution in [0.25, 0.3) is 0 Å². The smallest absolute Gasteiger partial charge is 0.246 e.